The summed E-state index contributed by atoms with van der Waals surface area (Å²) in [6.45, 7) is 2.04. The van der Waals surface area contributed by atoms with Gasteiger partial charge in [-0.25, -0.2) is 9.97 Å². The zero-order valence-corrected chi connectivity index (χ0v) is 8.17. The molecule has 0 spiro atoms. The predicted octanol–water partition coefficient (Wildman–Crippen LogP) is 2.70. The van der Waals surface area contributed by atoms with Crippen molar-refractivity contribution in [3.05, 3.63) is 34.7 Å². The van der Waals surface area contributed by atoms with Crippen LogP contribution in [-0.4, -0.2) is 9.97 Å². The van der Waals surface area contributed by atoms with E-state index in [1.807, 2.05) is 25.1 Å². The Hall–Kier alpha value is -0.960. The summed E-state index contributed by atoms with van der Waals surface area (Å²) in [5.41, 5.74) is 2.19. The van der Waals surface area contributed by atoms with Crippen LogP contribution in [0.5, 0.6) is 0 Å². The molecule has 12 heavy (non-hydrogen) atoms. The van der Waals surface area contributed by atoms with E-state index in [2.05, 4.69) is 25.9 Å². The Morgan fingerprint density at radius 1 is 1.25 bits per heavy atom. The molecule has 2 nitrogen and oxygen atoms in total. The van der Waals surface area contributed by atoms with Crippen molar-refractivity contribution in [1.82, 2.24) is 9.97 Å². The van der Waals surface area contributed by atoms with Crippen molar-refractivity contribution in [2.45, 2.75) is 6.92 Å². The number of rotatable bonds is 0. The Kier molecular flexibility index (Phi) is 1.81. The van der Waals surface area contributed by atoms with Gasteiger partial charge in [-0.1, -0.05) is 18.2 Å². The van der Waals surface area contributed by atoms with E-state index < -0.39 is 0 Å². The number of nitrogens with zero attached hydrogens (tertiary/aromatic N) is 2. The normalized spacial score (nSPS) is 10.5. The number of benzene rings is 1. The van der Waals surface area contributed by atoms with Crippen LogP contribution < -0.4 is 0 Å². The molecule has 0 unspecified atom stereocenters. The monoisotopic (exact) mass is 222 g/mol. The predicted molar refractivity (Wildman–Crippen MR) is 52.0 cm³/mol. The Labute approximate surface area is 78.8 Å². The number of aryl methyl sites for hydroxylation is 1. The molecule has 3 heteroatoms. The van der Waals surface area contributed by atoms with E-state index in [-0.39, 0.29) is 0 Å². The minimum absolute atomic E-state index is 0.858. The summed E-state index contributed by atoms with van der Waals surface area (Å²) in [7, 11) is 0. The van der Waals surface area contributed by atoms with Gasteiger partial charge in [0, 0.05) is 5.39 Å². The lowest BCUT2D eigenvalue weighted by Gasteiger charge is -2.00. The van der Waals surface area contributed by atoms with Crippen LogP contribution in [0.1, 0.15) is 5.56 Å². The van der Waals surface area contributed by atoms with Crippen molar-refractivity contribution in [2.75, 3.05) is 0 Å². The first-order valence-electron chi connectivity index (χ1n) is 3.65. The number of para-hydroxylation sites is 1. The van der Waals surface area contributed by atoms with Crippen LogP contribution in [0.2, 0.25) is 0 Å². The molecule has 0 fully saturated rings. The number of hydrogen-bond donors (Lipinski definition) is 0. The molecule has 0 amide bonds. The SMILES string of the molecule is Cc1cccc2c(Br)ncnc12. The molecule has 0 saturated heterocycles. The number of fused-ring (bicyclic) bond motifs is 1. The van der Waals surface area contributed by atoms with Gasteiger partial charge in [-0.15, -0.1) is 0 Å². The standard InChI is InChI=1S/C9H7BrN2/c1-6-3-2-4-7-8(6)11-5-12-9(7)10/h2-5H,1H3. The van der Waals surface area contributed by atoms with E-state index in [4.69, 9.17) is 0 Å². The average Bonchev–Trinajstić information content (AvgIpc) is 2.07. The highest BCUT2D eigenvalue weighted by Gasteiger charge is 2.00. The minimum atomic E-state index is 0.858. The number of halogens is 1. The maximum absolute atomic E-state index is 4.20. The first-order valence-corrected chi connectivity index (χ1v) is 4.44. The summed E-state index contributed by atoms with van der Waals surface area (Å²) in [5, 5.41) is 1.07. The van der Waals surface area contributed by atoms with Gasteiger partial charge >= 0.3 is 0 Å². The Morgan fingerprint density at radius 3 is 2.83 bits per heavy atom. The van der Waals surface area contributed by atoms with Crippen LogP contribution in [0.4, 0.5) is 0 Å². The van der Waals surface area contributed by atoms with Crippen molar-refractivity contribution in [3.63, 3.8) is 0 Å². The molecule has 0 aliphatic heterocycles. The number of aromatic nitrogens is 2. The highest BCUT2D eigenvalue weighted by molar-refractivity contribution is 9.10. The third kappa shape index (κ3) is 1.10. The van der Waals surface area contributed by atoms with Crippen molar-refractivity contribution in [1.29, 1.82) is 0 Å². The smallest absolute Gasteiger partial charge is 0.117 e. The fourth-order valence-corrected chi connectivity index (χ4v) is 1.62. The molecule has 0 saturated carbocycles. The molecule has 0 radical (unpaired) electrons. The zero-order valence-electron chi connectivity index (χ0n) is 6.58. The molecule has 0 aliphatic rings. The van der Waals surface area contributed by atoms with Crippen LogP contribution in [0.25, 0.3) is 10.9 Å². The van der Waals surface area contributed by atoms with Crippen LogP contribution in [-0.2, 0) is 0 Å². The molecule has 0 aliphatic carbocycles. The summed E-state index contributed by atoms with van der Waals surface area (Å²) in [6.07, 6.45) is 1.57. The third-order valence-corrected chi connectivity index (χ3v) is 2.45. The second kappa shape index (κ2) is 2.83. The van der Waals surface area contributed by atoms with E-state index in [1.165, 1.54) is 5.56 Å². The maximum Gasteiger partial charge on any atom is 0.117 e. The highest BCUT2D eigenvalue weighted by atomic mass is 79.9. The first kappa shape index (κ1) is 7.68. The molecular formula is C9H7BrN2. The fourth-order valence-electron chi connectivity index (χ4n) is 1.20. The quantitative estimate of drug-likeness (QED) is 0.641. The van der Waals surface area contributed by atoms with E-state index in [1.54, 1.807) is 6.33 Å². The summed E-state index contributed by atoms with van der Waals surface area (Å²) in [5.74, 6) is 0. The average molecular weight is 223 g/mol. The van der Waals surface area contributed by atoms with E-state index in [9.17, 15) is 0 Å². The van der Waals surface area contributed by atoms with E-state index in [0.717, 1.165) is 15.5 Å². The third-order valence-electron chi connectivity index (χ3n) is 1.82. The summed E-state index contributed by atoms with van der Waals surface area (Å²) < 4.78 is 0.858. The second-order valence-corrected chi connectivity index (χ2v) is 3.39. The van der Waals surface area contributed by atoms with Crippen molar-refractivity contribution < 1.29 is 0 Å². The lowest BCUT2D eigenvalue weighted by Crippen LogP contribution is -1.85. The van der Waals surface area contributed by atoms with Gasteiger partial charge in [0.15, 0.2) is 0 Å². The van der Waals surface area contributed by atoms with Crippen molar-refractivity contribution in [2.24, 2.45) is 0 Å². The molecule has 0 N–H and O–H groups in total. The summed E-state index contributed by atoms with van der Waals surface area (Å²) in [6, 6.07) is 6.06. The van der Waals surface area contributed by atoms with Crippen LogP contribution in [0.3, 0.4) is 0 Å². The van der Waals surface area contributed by atoms with Gasteiger partial charge in [0.1, 0.15) is 10.9 Å². The lowest BCUT2D eigenvalue weighted by molar-refractivity contribution is 1.18. The molecule has 60 valence electrons. The van der Waals surface area contributed by atoms with Gasteiger partial charge in [0.2, 0.25) is 0 Å². The molecule has 2 aromatic rings. The Bertz CT molecular complexity index is 385. The molecular weight excluding hydrogens is 216 g/mol. The maximum atomic E-state index is 4.20. The lowest BCUT2D eigenvalue weighted by atomic mass is 10.1. The molecule has 0 atom stereocenters. The first-order chi connectivity index (χ1) is 5.79. The summed E-state index contributed by atoms with van der Waals surface area (Å²) >= 11 is 3.38. The van der Waals surface area contributed by atoms with Gasteiger partial charge in [-0.2, -0.15) is 0 Å². The van der Waals surface area contributed by atoms with Gasteiger partial charge in [-0.05, 0) is 28.4 Å². The second-order valence-electron chi connectivity index (χ2n) is 2.64. The van der Waals surface area contributed by atoms with Gasteiger partial charge in [-0.3, -0.25) is 0 Å². The highest BCUT2D eigenvalue weighted by Crippen LogP contribution is 2.21. The molecule has 0 bridgehead atoms. The largest absolute Gasteiger partial charge is 0.236 e. The fraction of sp³-hybridized carbons (Fsp3) is 0.111. The minimum Gasteiger partial charge on any atom is -0.236 e. The number of hydrogen-bond acceptors (Lipinski definition) is 2. The zero-order chi connectivity index (χ0) is 8.55. The van der Waals surface area contributed by atoms with E-state index >= 15 is 0 Å². The Balaban J connectivity index is 2.94. The van der Waals surface area contributed by atoms with E-state index in [0.29, 0.717) is 0 Å². The Morgan fingerprint density at radius 2 is 2.08 bits per heavy atom. The van der Waals surface area contributed by atoms with Gasteiger partial charge < -0.3 is 0 Å². The summed E-state index contributed by atoms with van der Waals surface area (Å²) in [4.78, 5) is 8.25. The topological polar surface area (TPSA) is 25.8 Å². The molecule has 2 rings (SSSR count). The van der Waals surface area contributed by atoms with Crippen molar-refractivity contribution >= 4 is 26.8 Å². The molecule has 1 aromatic heterocycles. The van der Waals surface area contributed by atoms with Gasteiger partial charge in [0.05, 0.1) is 5.52 Å². The van der Waals surface area contributed by atoms with Crippen molar-refractivity contribution in [3.8, 4) is 0 Å². The molecule has 1 aromatic carbocycles. The van der Waals surface area contributed by atoms with Crippen LogP contribution in [0.15, 0.2) is 29.1 Å². The van der Waals surface area contributed by atoms with Gasteiger partial charge in [0.25, 0.3) is 0 Å². The van der Waals surface area contributed by atoms with Crippen LogP contribution in [0, 0.1) is 6.92 Å². The van der Waals surface area contributed by atoms with Crippen LogP contribution >= 0.6 is 15.9 Å². The molecule has 1 heterocycles.